The molecular formula is C22H25N3O2S. The zero-order chi connectivity index (χ0) is 20.1. The third-order valence-corrected chi connectivity index (χ3v) is 5.88. The van der Waals surface area contributed by atoms with Crippen LogP contribution in [0.2, 0.25) is 0 Å². The summed E-state index contributed by atoms with van der Waals surface area (Å²) < 4.78 is 1.18. The van der Waals surface area contributed by atoms with Crippen molar-refractivity contribution < 1.29 is 9.59 Å². The number of benzene rings is 2. The number of rotatable bonds is 7. The predicted octanol–water partition coefficient (Wildman–Crippen LogP) is 5.24. The van der Waals surface area contributed by atoms with Crippen molar-refractivity contribution in [2.24, 2.45) is 5.41 Å². The molecule has 0 aliphatic heterocycles. The molecule has 0 saturated carbocycles. The lowest BCUT2D eigenvalue weighted by molar-refractivity contribution is -0.118. The average Bonchev–Trinajstić information content (AvgIpc) is 3.04. The highest BCUT2D eigenvalue weighted by Crippen LogP contribution is 2.34. The van der Waals surface area contributed by atoms with Crippen molar-refractivity contribution in [1.82, 2.24) is 4.98 Å². The number of anilines is 2. The van der Waals surface area contributed by atoms with Gasteiger partial charge in [-0.2, -0.15) is 0 Å². The highest BCUT2D eigenvalue weighted by molar-refractivity contribution is 7.18. The molecule has 1 heterocycles. The Bertz CT molecular complexity index is 948. The quantitative estimate of drug-likeness (QED) is 0.574. The van der Waals surface area contributed by atoms with Crippen LogP contribution in [-0.2, 0) is 16.0 Å². The number of amides is 2. The summed E-state index contributed by atoms with van der Waals surface area (Å²) in [5.74, 6) is -0.136. The van der Waals surface area contributed by atoms with Crippen LogP contribution >= 0.6 is 11.3 Å². The molecule has 146 valence electrons. The van der Waals surface area contributed by atoms with Crippen molar-refractivity contribution in [2.75, 3.05) is 10.6 Å². The van der Waals surface area contributed by atoms with Crippen LogP contribution in [0, 0.1) is 5.41 Å². The van der Waals surface area contributed by atoms with Crippen molar-refractivity contribution in [3.8, 4) is 0 Å². The highest BCUT2D eigenvalue weighted by Gasteiger charge is 2.27. The van der Waals surface area contributed by atoms with Gasteiger partial charge in [0.2, 0.25) is 11.8 Å². The third kappa shape index (κ3) is 5.16. The van der Waals surface area contributed by atoms with Crippen LogP contribution in [0.25, 0.3) is 10.2 Å². The molecule has 2 N–H and O–H groups in total. The Labute approximate surface area is 169 Å². The second-order valence-electron chi connectivity index (χ2n) is 7.40. The lowest BCUT2D eigenvalue weighted by atomic mass is 9.80. The Morgan fingerprint density at radius 2 is 1.68 bits per heavy atom. The van der Waals surface area contributed by atoms with Crippen molar-refractivity contribution in [2.45, 2.75) is 40.0 Å². The molecule has 3 rings (SSSR count). The molecule has 0 aliphatic rings. The van der Waals surface area contributed by atoms with Gasteiger partial charge < -0.3 is 10.6 Å². The standard InChI is InChI=1S/C22H25N3O2S/c1-4-22(3,14-21-25-18-7-5-6-8-19(18)28-21)13-20(27)24-17-11-9-16(10-12-17)23-15(2)26/h5-12H,4,13-14H2,1-3H3,(H,23,26)(H,24,27)/t22-/m0/s1. The Hall–Kier alpha value is -2.73. The van der Waals surface area contributed by atoms with Crippen molar-refractivity contribution in [3.63, 3.8) is 0 Å². The summed E-state index contributed by atoms with van der Waals surface area (Å²) in [5.41, 5.74) is 2.29. The van der Waals surface area contributed by atoms with Gasteiger partial charge in [0.1, 0.15) is 0 Å². The molecule has 2 aromatic carbocycles. The van der Waals surface area contributed by atoms with E-state index < -0.39 is 0 Å². The van der Waals surface area contributed by atoms with E-state index in [1.54, 1.807) is 35.6 Å². The van der Waals surface area contributed by atoms with Crippen LogP contribution < -0.4 is 10.6 Å². The van der Waals surface area contributed by atoms with Crippen LogP contribution in [-0.4, -0.2) is 16.8 Å². The largest absolute Gasteiger partial charge is 0.326 e. The number of aromatic nitrogens is 1. The van der Waals surface area contributed by atoms with Gasteiger partial charge in [-0.1, -0.05) is 26.0 Å². The molecule has 0 saturated heterocycles. The highest BCUT2D eigenvalue weighted by atomic mass is 32.1. The van der Waals surface area contributed by atoms with Gasteiger partial charge in [0.05, 0.1) is 15.2 Å². The van der Waals surface area contributed by atoms with E-state index in [0.29, 0.717) is 12.1 Å². The number of carbonyl (C=O) groups is 2. The van der Waals surface area contributed by atoms with Crippen LogP contribution in [0.3, 0.4) is 0 Å². The second-order valence-corrected chi connectivity index (χ2v) is 8.52. The van der Waals surface area contributed by atoms with Crippen molar-refractivity contribution in [1.29, 1.82) is 0 Å². The summed E-state index contributed by atoms with van der Waals surface area (Å²) >= 11 is 1.70. The molecule has 0 aliphatic carbocycles. The van der Waals surface area contributed by atoms with Crippen LogP contribution in [0.5, 0.6) is 0 Å². The first kappa shape index (κ1) is 20.0. The molecule has 2 amide bonds. The Balaban J connectivity index is 1.63. The van der Waals surface area contributed by atoms with Crippen LogP contribution in [0.4, 0.5) is 11.4 Å². The number of fused-ring (bicyclic) bond motifs is 1. The fourth-order valence-electron chi connectivity index (χ4n) is 3.11. The number of para-hydroxylation sites is 1. The zero-order valence-corrected chi connectivity index (χ0v) is 17.2. The van der Waals surface area contributed by atoms with E-state index in [-0.39, 0.29) is 17.2 Å². The Morgan fingerprint density at radius 1 is 1.04 bits per heavy atom. The van der Waals surface area contributed by atoms with Gasteiger partial charge in [0.15, 0.2) is 0 Å². The minimum Gasteiger partial charge on any atom is -0.326 e. The average molecular weight is 396 g/mol. The minimum atomic E-state index is -0.159. The van der Waals surface area contributed by atoms with E-state index in [0.717, 1.165) is 29.1 Å². The number of thiazole rings is 1. The first-order valence-electron chi connectivity index (χ1n) is 9.39. The van der Waals surface area contributed by atoms with E-state index in [9.17, 15) is 9.59 Å². The Kier molecular flexibility index (Phi) is 6.09. The number of nitrogens with zero attached hydrogens (tertiary/aromatic N) is 1. The number of carbonyl (C=O) groups excluding carboxylic acids is 2. The summed E-state index contributed by atoms with van der Waals surface area (Å²) in [4.78, 5) is 28.4. The Morgan fingerprint density at radius 3 is 2.29 bits per heavy atom. The predicted molar refractivity (Wildman–Crippen MR) is 116 cm³/mol. The zero-order valence-electron chi connectivity index (χ0n) is 16.4. The SMILES string of the molecule is CC[C@@](C)(CC(=O)Nc1ccc(NC(C)=O)cc1)Cc1nc2ccccc2s1. The van der Waals surface area contributed by atoms with Crippen LogP contribution in [0.1, 0.15) is 38.6 Å². The number of hydrogen-bond acceptors (Lipinski definition) is 4. The molecule has 3 aromatic rings. The van der Waals surface area contributed by atoms with Crippen LogP contribution in [0.15, 0.2) is 48.5 Å². The molecule has 6 heteroatoms. The van der Waals surface area contributed by atoms with E-state index in [2.05, 4.69) is 30.5 Å². The summed E-state index contributed by atoms with van der Waals surface area (Å²) in [6.07, 6.45) is 2.09. The van der Waals surface area contributed by atoms with E-state index in [1.165, 1.54) is 11.6 Å². The molecule has 0 bridgehead atoms. The normalized spacial score (nSPS) is 13.1. The molecule has 0 unspecified atom stereocenters. The second kappa shape index (κ2) is 8.52. The van der Waals surface area contributed by atoms with Gasteiger partial charge in [-0.25, -0.2) is 4.98 Å². The van der Waals surface area contributed by atoms with E-state index >= 15 is 0 Å². The molecule has 28 heavy (non-hydrogen) atoms. The molecular weight excluding hydrogens is 370 g/mol. The summed E-state index contributed by atoms with van der Waals surface area (Å²) in [7, 11) is 0. The van der Waals surface area contributed by atoms with E-state index in [4.69, 9.17) is 4.98 Å². The maximum absolute atomic E-state index is 12.6. The fourth-order valence-corrected chi connectivity index (χ4v) is 4.29. The van der Waals surface area contributed by atoms with Gasteiger partial charge >= 0.3 is 0 Å². The smallest absolute Gasteiger partial charge is 0.224 e. The van der Waals surface area contributed by atoms with Gasteiger partial charge in [-0.15, -0.1) is 11.3 Å². The molecule has 0 spiro atoms. The molecule has 5 nitrogen and oxygen atoms in total. The first-order chi connectivity index (χ1) is 13.4. The fraction of sp³-hybridized carbons (Fsp3) is 0.318. The lowest BCUT2D eigenvalue weighted by Crippen LogP contribution is -2.26. The minimum absolute atomic E-state index is 0.0160. The summed E-state index contributed by atoms with van der Waals surface area (Å²) in [6, 6.07) is 15.3. The van der Waals surface area contributed by atoms with Gasteiger partial charge in [-0.05, 0) is 48.2 Å². The molecule has 0 radical (unpaired) electrons. The topological polar surface area (TPSA) is 71.1 Å². The monoisotopic (exact) mass is 395 g/mol. The summed E-state index contributed by atoms with van der Waals surface area (Å²) in [5, 5.41) is 6.74. The first-order valence-corrected chi connectivity index (χ1v) is 10.2. The summed E-state index contributed by atoms with van der Waals surface area (Å²) in [6.45, 7) is 5.72. The van der Waals surface area contributed by atoms with Crippen molar-refractivity contribution in [3.05, 3.63) is 53.5 Å². The maximum Gasteiger partial charge on any atom is 0.224 e. The third-order valence-electron chi connectivity index (χ3n) is 4.85. The van der Waals surface area contributed by atoms with E-state index in [1.807, 2.05) is 18.2 Å². The van der Waals surface area contributed by atoms with Gasteiger partial charge in [0, 0.05) is 31.1 Å². The number of nitrogens with one attached hydrogen (secondary N) is 2. The van der Waals surface area contributed by atoms with Gasteiger partial charge in [-0.3, -0.25) is 9.59 Å². The molecule has 0 fully saturated rings. The maximum atomic E-state index is 12.6. The number of hydrogen-bond donors (Lipinski definition) is 2. The molecule has 1 atom stereocenters. The van der Waals surface area contributed by atoms with Crippen molar-refractivity contribution >= 4 is 44.7 Å². The van der Waals surface area contributed by atoms with Gasteiger partial charge in [0.25, 0.3) is 0 Å². The molecule has 1 aromatic heterocycles. The lowest BCUT2D eigenvalue weighted by Gasteiger charge is -2.26.